The molecule has 0 radical (unpaired) electrons. The first-order valence-corrected chi connectivity index (χ1v) is 7.01. The zero-order chi connectivity index (χ0) is 12.6. The molecule has 1 saturated carbocycles. The van der Waals surface area contributed by atoms with Crippen molar-refractivity contribution in [3.63, 3.8) is 0 Å². The second-order valence-electron chi connectivity index (χ2n) is 5.92. The molecule has 1 aliphatic carbocycles. The number of hydrogen-bond acceptors (Lipinski definition) is 4. The number of nitrogens with zero attached hydrogens (tertiary/aromatic N) is 1. The summed E-state index contributed by atoms with van der Waals surface area (Å²) in [5.41, 5.74) is -0.822. The lowest BCUT2D eigenvalue weighted by Gasteiger charge is -2.36. The second kappa shape index (κ2) is 4.79. The van der Waals surface area contributed by atoms with Gasteiger partial charge in [-0.15, -0.1) is 0 Å². The molecular weight excluding hydrogens is 232 g/mol. The first kappa shape index (κ1) is 12.4. The van der Waals surface area contributed by atoms with Crippen LogP contribution in [0.25, 0.3) is 0 Å². The third kappa shape index (κ3) is 2.68. The van der Waals surface area contributed by atoms with Gasteiger partial charge in [0.05, 0.1) is 19.2 Å². The van der Waals surface area contributed by atoms with Crippen molar-refractivity contribution >= 4 is 5.91 Å². The molecule has 2 heterocycles. The van der Waals surface area contributed by atoms with Gasteiger partial charge in [-0.3, -0.25) is 4.79 Å². The van der Waals surface area contributed by atoms with E-state index in [9.17, 15) is 9.90 Å². The van der Waals surface area contributed by atoms with Crippen molar-refractivity contribution in [2.24, 2.45) is 0 Å². The number of aliphatic hydroxyl groups is 1. The van der Waals surface area contributed by atoms with Gasteiger partial charge in [0, 0.05) is 25.6 Å². The molecule has 2 N–H and O–H groups in total. The fraction of sp³-hybridized carbons (Fsp3) is 0.923. The number of β-amino-alcohol motifs (C(OH)–C–C–N with tert-alkyl or cyclic N) is 1. The molecule has 1 amide bonds. The van der Waals surface area contributed by atoms with E-state index in [4.69, 9.17) is 4.74 Å². The minimum Gasteiger partial charge on any atom is -0.386 e. The van der Waals surface area contributed by atoms with Gasteiger partial charge >= 0.3 is 0 Å². The molecule has 0 aromatic heterocycles. The largest absolute Gasteiger partial charge is 0.386 e. The summed E-state index contributed by atoms with van der Waals surface area (Å²) in [6.45, 7) is 2.15. The molecule has 5 heteroatoms. The van der Waals surface area contributed by atoms with Crippen molar-refractivity contribution in [2.75, 3.05) is 26.3 Å². The van der Waals surface area contributed by atoms with Crippen LogP contribution in [-0.4, -0.2) is 59.9 Å². The van der Waals surface area contributed by atoms with Crippen LogP contribution in [0.5, 0.6) is 0 Å². The lowest BCUT2D eigenvalue weighted by Crippen LogP contribution is -2.55. The van der Waals surface area contributed by atoms with E-state index in [1.807, 2.05) is 4.90 Å². The van der Waals surface area contributed by atoms with Crippen LogP contribution in [0.4, 0.5) is 0 Å². The quantitative estimate of drug-likeness (QED) is 0.734. The maximum absolute atomic E-state index is 12.3. The van der Waals surface area contributed by atoms with Crippen molar-refractivity contribution < 1.29 is 14.6 Å². The third-order valence-corrected chi connectivity index (χ3v) is 4.11. The van der Waals surface area contributed by atoms with Gasteiger partial charge in [0.1, 0.15) is 5.60 Å². The number of carbonyl (C=O) groups excluding carboxylic acids is 1. The van der Waals surface area contributed by atoms with Gasteiger partial charge in [0.2, 0.25) is 5.91 Å². The highest BCUT2D eigenvalue weighted by atomic mass is 16.5. The molecular formula is C13H22N2O3. The number of amides is 1. The van der Waals surface area contributed by atoms with Gasteiger partial charge in [-0.25, -0.2) is 0 Å². The molecule has 0 spiro atoms. The first-order valence-electron chi connectivity index (χ1n) is 7.01. The van der Waals surface area contributed by atoms with Gasteiger partial charge < -0.3 is 20.1 Å². The van der Waals surface area contributed by atoms with Gasteiger partial charge in [0.25, 0.3) is 0 Å². The van der Waals surface area contributed by atoms with Crippen molar-refractivity contribution in [1.82, 2.24) is 10.2 Å². The van der Waals surface area contributed by atoms with E-state index >= 15 is 0 Å². The monoisotopic (exact) mass is 254 g/mol. The summed E-state index contributed by atoms with van der Waals surface area (Å²) in [4.78, 5) is 14.1. The van der Waals surface area contributed by atoms with Crippen LogP contribution in [0.2, 0.25) is 0 Å². The Morgan fingerprint density at radius 3 is 2.94 bits per heavy atom. The number of nitrogens with one attached hydrogen (secondary N) is 1. The maximum atomic E-state index is 12.3. The van der Waals surface area contributed by atoms with Crippen molar-refractivity contribution in [1.29, 1.82) is 0 Å². The molecule has 2 aliphatic heterocycles. The Morgan fingerprint density at radius 1 is 1.44 bits per heavy atom. The summed E-state index contributed by atoms with van der Waals surface area (Å²) in [5, 5.41) is 13.7. The van der Waals surface area contributed by atoms with Crippen molar-refractivity contribution in [2.45, 2.75) is 49.8 Å². The Bertz CT molecular complexity index is 324. The lowest BCUT2D eigenvalue weighted by atomic mass is 9.99. The van der Waals surface area contributed by atoms with Crippen LogP contribution in [0.1, 0.15) is 32.1 Å². The fourth-order valence-corrected chi connectivity index (χ4v) is 2.86. The number of likely N-dealkylation sites (tertiary alicyclic amines) is 1. The Labute approximate surface area is 107 Å². The summed E-state index contributed by atoms with van der Waals surface area (Å²) in [5.74, 6) is 0.161. The van der Waals surface area contributed by atoms with E-state index in [1.54, 1.807) is 0 Å². The summed E-state index contributed by atoms with van der Waals surface area (Å²) < 4.78 is 5.23. The molecule has 0 aromatic rings. The average molecular weight is 254 g/mol. The minimum atomic E-state index is -0.822. The third-order valence-electron chi connectivity index (χ3n) is 4.11. The van der Waals surface area contributed by atoms with Gasteiger partial charge in [-0.2, -0.15) is 0 Å². The number of hydrogen-bond donors (Lipinski definition) is 2. The zero-order valence-corrected chi connectivity index (χ0v) is 10.7. The number of piperidine rings is 1. The average Bonchev–Trinajstić information content (AvgIpc) is 3.06. The van der Waals surface area contributed by atoms with Crippen molar-refractivity contribution in [3.05, 3.63) is 0 Å². The van der Waals surface area contributed by atoms with Crippen LogP contribution in [0, 0.1) is 0 Å². The fourth-order valence-electron chi connectivity index (χ4n) is 2.86. The van der Waals surface area contributed by atoms with Gasteiger partial charge in [0.15, 0.2) is 0 Å². The van der Waals surface area contributed by atoms with Gasteiger partial charge in [-0.05, 0) is 25.7 Å². The van der Waals surface area contributed by atoms with E-state index in [1.165, 1.54) is 12.8 Å². The minimum absolute atomic E-state index is 0.0304. The van der Waals surface area contributed by atoms with Crippen LogP contribution in [0.3, 0.4) is 0 Å². The Kier molecular flexibility index (Phi) is 3.30. The zero-order valence-electron chi connectivity index (χ0n) is 10.7. The molecule has 0 aromatic carbocycles. The standard InChI is InChI=1S/C13H22N2O3/c16-12-11(14-10-3-4-10)2-1-6-15(12)8-13(17)5-7-18-9-13/h10-11,14,17H,1-9H2. The molecule has 102 valence electrons. The highest BCUT2D eigenvalue weighted by Crippen LogP contribution is 2.25. The lowest BCUT2D eigenvalue weighted by molar-refractivity contribution is -0.140. The number of rotatable bonds is 4. The van der Waals surface area contributed by atoms with Gasteiger partial charge in [-0.1, -0.05) is 0 Å². The summed E-state index contributed by atoms with van der Waals surface area (Å²) in [6, 6.07) is 0.522. The molecule has 0 bridgehead atoms. The molecule has 2 atom stereocenters. The van der Waals surface area contributed by atoms with E-state index in [2.05, 4.69) is 5.32 Å². The SMILES string of the molecule is O=C1C(NC2CC2)CCCN1CC1(O)CCOC1. The van der Waals surface area contributed by atoms with Crippen LogP contribution in [0.15, 0.2) is 0 Å². The Hall–Kier alpha value is -0.650. The highest BCUT2D eigenvalue weighted by Gasteiger charge is 2.39. The summed E-state index contributed by atoms with van der Waals surface area (Å²) in [7, 11) is 0. The van der Waals surface area contributed by atoms with E-state index < -0.39 is 5.60 Å². The van der Waals surface area contributed by atoms with E-state index in [0.29, 0.717) is 32.2 Å². The summed E-state index contributed by atoms with van der Waals surface area (Å²) in [6.07, 6.45) is 4.98. The smallest absolute Gasteiger partial charge is 0.239 e. The van der Waals surface area contributed by atoms with Crippen LogP contribution >= 0.6 is 0 Å². The number of carbonyl (C=O) groups is 1. The van der Waals surface area contributed by atoms with Crippen molar-refractivity contribution in [3.8, 4) is 0 Å². The molecule has 3 rings (SSSR count). The maximum Gasteiger partial charge on any atom is 0.239 e. The number of ether oxygens (including phenoxy) is 1. The summed E-state index contributed by atoms with van der Waals surface area (Å²) >= 11 is 0. The molecule has 3 fully saturated rings. The normalized spacial score (nSPS) is 37.3. The Morgan fingerprint density at radius 2 is 2.28 bits per heavy atom. The molecule has 2 saturated heterocycles. The topological polar surface area (TPSA) is 61.8 Å². The first-order chi connectivity index (χ1) is 8.66. The Balaban J connectivity index is 1.58. The van der Waals surface area contributed by atoms with Crippen LogP contribution in [-0.2, 0) is 9.53 Å². The van der Waals surface area contributed by atoms with E-state index in [-0.39, 0.29) is 11.9 Å². The predicted octanol–water partition coefficient (Wildman–Crippen LogP) is -0.119. The van der Waals surface area contributed by atoms with E-state index in [0.717, 1.165) is 19.4 Å². The molecule has 5 nitrogen and oxygen atoms in total. The molecule has 2 unspecified atom stereocenters. The molecule has 18 heavy (non-hydrogen) atoms. The highest BCUT2D eigenvalue weighted by molar-refractivity contribution is 5.82. The predicted molar refractivity (Wildman–Crippen MR) is 66.1 cm³/mol. The second-order valence-corrected chi connectivity index (χ2v) is 5.92. The molecule has 3 aliphatic rings. The van der Waals surface area contributed by atoms with Crippen LogP contribution < -0.4 is 5.32 Å².